The molecule has 0 saturated heterocycles. The SMILES string of the molecule is O=C(CNC(=O)C(=O)Nc1cccc(C(F)(F)F)c1)Nc1ccc(Cl)cc1. The quantitative estimate of drug-likeness (QED) is 0.690. The van der Waals surface area contributed by atoms with Crippen LogP contribution in [0.2, 0.25) is 5.02 Å². The van der Waals surface area contributed by atoms with Crippen molar-refractivity contribution in [1.29, 1.82) is 0 Å². The van der Waals surface area contributed by atoms with Crippen LogP contribution in [0.25, 0.3) is 0 Å². The van der Waals surface area contributed by atoms with Crippen LogP contribution < -0.4 is 16.0 Å². The Balaban J connectivity index is 1.86. The number of halogens is 4. The van der Waals surface area contributed by atoms with E-state index in [9.17, 15) is 27.6 Å². The van der Waals surface area contributed by atoms with Crippen LogP contribution >= 0.6 is 11.6 Å². The summed E-state index contributed by atoms with van der Waals surface area (Å²) in [5.74, 6) is -2.97. The van der Waals surface area contributed by atoms with Gasteiger partial charge >= 0.3 is 18.0 Å². The van der Waals surface area contributed by atoms with Gasteiger partial charge in [0.1, 0.15) is 0 Å². The maximum atomic E-state index is 12.6. The third kappa shape index (κ3) is 6.30. The molecular weight excluding hydrogens is 387 g/mol. The molecule has 0 aliphatic rings. The number of carbonyl (C=O) groups is 3. The average Bonchev–Trinajstić information content (AvgIpc) is 2.61. The maximum Gasteiger partial charge on any atom is 0.416 e. The molecule has 0 aliphatic heterocycles. The Labute approximate surface area is 156 Å². The Hall–Kier alpha value is -3.07. The molecule has 27 heavy (non-hydrogen) atoms. The molecule has 0 radical (unpaired) electrons. The zero-order valence-corrected chi connectivity index (χ0v) is 14.3. The van der Waals surface area contributed by atoms with Crippen LogP contribution in [0, 0.1) is 0 Å². The standard InChI is InChI=1S/C17H13ClF3N3O3/c18-11-4-6-12(7-5-11)23-14(25)9-22-15(26)16(27)24-13-3-1-2-10(8-13)17(19,20)21/h1-8H,9H2,(H,22,26)(H,23,25)(H,24,27). The molecule has 0 saturated carbocycles. The van der Waals surface area contributed by atoms with Gasteiger partial charge in [-0.25, -0.2) is 0 Å². The van der Waals surface area contributed by atoms with Gasteiger partial charge in [0.2, 0.25) is 5.91 Å². The Kier molecular flexibility index (Phi) is 6.40. The number of benzene rings is 2. The first-order valence-corrected chi connectivity index (χ1v) is 7.85. The van der Waals surface area contributed by atoms with E-state index < -0.39 is 36.0 Å². The maximum absolute atomic E-state index is 12.6. The van der Waals surface area contributed by atoms with Crippen molar-refractivity contribution < 1.29 is 27.6 Å². The minimum atomic E-state index is -4.58. The fourth-order valence-corrected chi connectivity index (χ4v) is 2.07. The normalized spacial score (nSPS) is 10.8. The van der Waals surface area contributed by atoms with Gasteiger partial charge in [-0.05, 0) is 42.5 Å². The first kappa shape index (κ1) is 20.2. The van der Waals surface area contributed by atoms with E-state index in [1.807, 2.05) is 5.32 Å². The molecule has 0 atom stereocenters. The number of carbonyl (C=O) groups excluding carboxylic acids is 3. The molecule has 2 aromatic rings. The second-order valence-electron chi connectivity index (χ2n) is 5.27. The molecule has 0 aromatic heterocycles. The third-order valence-corrected chi connectivity index (χ3v) is 3.44. The van der Waals surface area contributed by atoms with Gasteiger partial charge in [0.05, 0.1) is 12.1 Å². The first-order chi connectivity index (χ1) is 12.6. The number of hydrogen-bond acceptors (Lipinski definition) is 3. The summed E-state index contributed by atoms with van der Waals surface area (Å²) in [6.45, 7) is -0.503. The second-order valence-corrected chi connectivity index (χ2v) is 5.71. The molecule has 2 rings (SSSR count). The topological polar surface area (TPSA) is 87.3 Å². The van der Waals surface area contributed by atoms with E-state index in [-0.39, 0.29) is 5.69 Å². The molecule has 2 aromatic carbocycles. The van der Waals surface area contributed by atoms with Crippen molar-refractivity contribution in [3.05, 3.63) is 59.1 Å². The van der Waals surface area contributed by atoms with Crippen LogP contribution in [0.1, 0.15) is 5.56 Å². The van der Waals surface area contributed by atoms with Crippen molar-refractivity contribution in [2.24, 2.45) is 0 Å². The van der Waals surface area contributed by atoms with Crippen LogP contribution in [-0.2, 0) is 20.6 Å². The van der Waals surface area contributed by atoms with Crippen LogP contribution in [0.5, 0.6) is 0 Å². The summed E-state index contributed by atoms with van der Waals surface area (Å²) >= 11 is 5.71. The van der Waals surface area contributed by atoms with E-state index in [0.717, 1.165) is 12.1 Å². The minimum absolute atomic E-state index is 0.199. The van der Waals surface area contributed by atoms with E-state index in [0.29, 0.717) is 16.8 Å². The molecular formula is C17H13ClF3N3O3. The molecule has 142 valence electrons. The molecule has 0 unspecified atom stereocenters. The lowest BCUT2D eigenvalue weighted by Gasteiger charge is -2.10. The molecule has 6 nitrogen and oxygen atoms in total. The highest BCUT2D eigenvalue weighted by Crippen LogP contribution is 2.30. The number of amides is 3. The fraction of sp³-hybridized carbons (Fsp3) is 0.118. The summed E-state index contributed by atoms with van der Waals surface area (Å²) in [5.41, 5.74) is -0.731. The minimum Gasteiger partial charge on any atom is -0.339 e. The van der Waals surface area contributed by atoms with Crippen LogP contribution in [0.15, 0.2) is 48.5 Å². The van der Waals surface area contributed by atoms with Gasteiger partial charge < -0.3 is 16.0 Å². The largest absolute Gasteiger partial charge is 0.416 e. The molecule has 0 spiro atoms. The highest BCUT2D eigenvalue weighted by atomic mass is 35.5. The van der Waals surface area contributed by atoms with Gasteiger partial charge in [0, 0.05) is 16.4 Å². The van der Waals surface area contributed by atoms with Gasteiger partial charge in [0.15, 0.2) is 0 Å². The highest BCUT2D eigenvalue weighted by Gasteiger charge is 2.30. The van der Waals surface area contributed by atoms with Crippen LogP contribution in [-0.4, -0.2) is 24.3 Å². The zero-order chi connectivity index (χ0) is 20.0. The summed E-state index contributed by atoms with van der Waals surface area (Å²) in [5, 5.41) is 7.05. The van der Waals surface area contributed by atoms with Crippen molar-refractivity contribution >= 4 is 40.7 Å². The predicted octanol–water partition coefficient (Wildman–Crippen LogP) is 3.05. The number of nitrogens with one attached hydrogen (secondary N) is 3. The second kappa shape index (κ2) is 8.54. The summed E-state index contributed by atoms with van der Waals surface area (Å²) < 4.78 is 37.9. The predicted molar refractivity (Wildman–Crippen MR) is 93.2 cm³/mol. The van der Waals surface area contributed by atoms with E-state index in [4.69, 9.17) is 11.6 Å². The van der Waals surface area contributed by atoms with E-state index >= 15 is 0 Å². The van der Waals surface area contributed by atoms with Crippen molar-refractivity contribution in [1.82, 2.24) is 5.32 Å². The lowest BCUT2D eigenvalue weighted by atomic mass is 10.2. The molecule has 0 bridgehead atoms. The van der Waals surface area contributed by atoms with Gasteiger partial charge in [-0.3, -0.25) is 14.4 Å². The molecule has 0 heterocycles. The van der Waals surface area contributed by atoms with Gasteiger partial charge in [-0.15, -0.1) is 0 Å². The van der Waals surface area contributed by atoms with Crippen LogP contribution in [0.4, 0.5) is 24.5 Å². The van der Waals surface area contributed by atoms with Gasteiger partial charge in [-0.2, -0.15) is 13.2 Å². The lowest BCUT2D eigenvalue weighted by Crippen LogP contribution is -2.39. The lowest BCUT2D eigenvalue weighted by molar-refractivity contribution is -0.137. The Morgan fingerprint density at radius 1 is 0.889 bits per heavy atom. The molecule has 0 aliphatic carbocycles. The monoisotopic (exact) mass is 399 g/mol. The summed E-state index contributed by atoms with van der Waals surface area (Å²) in [7, 11) is 0. The average molecular weight is 400 g/mol. The zero-order valence-electron chi connectivity index (χ0n) is 13.6. The van der Waals surface area contributed by atoms with E-state index in [2.05, 4.69) is 10.6 Å². The van der Waals surface area contributed by atoms with E-state index in [1.165, 1.54) is 6.07 Å². The van der Waals surface area contributed by atoms with Gasteiger partial charge in [-0.1, -0.05) is 17.7 Å². The highest BCUT2D eigenvalue weighted by molar-refractivity contribution is 6.40. The summed E-state index contributed by atoms with van der Waals surface area (Å²) in [4.78, 5) is 35.1. The van der Waals surface area contributed by atoms with Crippen molar-refractivity contribution in [2.45, 2.75) is 6.18 Å². The smallest absolute Gasteiger partial charge is 0.339 e. The number of hydrogen-bond donors (Lipinski definition) is 3. The van der Waals surface area contributed by atoms with Crippen LogP contribution in [0.3, 0.4) is 0 Å². The molecule has 3 amide bonds. The number of rotatable bonds is 4. The summed E-state index contributed by atoms with van der Waals surface area (Å²) in [6, 6.07) is 10.0. The Bertz CT molecular complexity index is 854. The molecule has 10 heteroatoms. The molecule has 3 N–H and O–H groups in total. The number of alkyl halides is 3. The first-order valence-electron chi connectivity index (χ1n) is 7.47. The summed E-state index contributed by atoms with van der Waals surface area (Å²) in [6.07, 6.45) is -4.58. The van der Waals surface area contributed by atoms with E-state index in [1.54, 1.807) is 24.3 Å². The van der Waals surface area contributed by atoms with Crippen molar-refractivity contribution in [2.75, 3.05) is 17.2 Å². The Morgan fingerprint density at radius 2 is 1.56 bits per heavy atom. The number of anilines is 2. The van der Waals surface area contributed by atoms with Gasteiger partial charge in [0.25, 0.3) is 0 Å². The fourth-order valence-electron chi connectivity index (χ4n) is 1.94. The van der Waals surface area contributed by atoms with Crippen molar-refractivity contribution in [3.63, 3.8) is 0 Å². The molecule has 0 fully saturated rings. The Morgan fingerprint density at radius 3 is 2.19 bits per heavy atom. The van der Waals surface area contributed by atoms with Crippen molar-refractivity contribution in [3.8, 4) is 0 Å². The third-order valence-electron chi connectivity index (χ3n) is 3.19.